The lowest BCUT2D eigenvalue weighted by Crippen LogP contribution is -1.91. The zero-order valence-electron chi connectivity index (χ0n) is 9.61. The molecule has 2 aromatic rings. The van der Waals surface area contributed by atoms with Crippen molar-refractivity contribution in [3.8, 4) is 17.2 Å². The van der Waals surface area contributed by atoms with Gasteiger partial charge in [0.25, 0.3) is 0 Å². The van der Waals surface area contributed by atoms with Crippen LogP contribution in [-0.2, 0) is 0 Å². The van der Waals surface area contributed by atoms with Crippen molar-refractivity contribution in [3.05, 3.63) is 46.4 Å². The van der Waals surface area contributed by atoms with E-state index in [0.29, 0.717) is 33.0 Å². The van der Waals surface area contributed by atoms with Crippen molar-refractivity contribution in [2.24, 2.45) is 0 Å². The first-order valence-electron chi connectivity index (χ1n) is 5.16. The summed E-state index contributed by atoms with van der Waals surface area (Å²) in [7, 11) is 1.56. The summed E-state index contributed by atoms with van der Waals surface area (Å²) in [5.41, 5.74) is 6.28. The Morgan fingerprint density at radius 1 is 1.06 bits per heavy atom. The van der Waals surface area contributed by atoms with E-state index in [4.69, 9.17) is 38.4 Å². The highest BCUT2D eigenvalue weighted by Gasteiger charge is 2.08. The molecule has 0 saturated carbocycles. The van der Waals surface area contributed by atoms with Crippen LogP contribution in [0.3, 0.4) is 0 Å². The molecule has 18 heavy (non-hydrogen) atoms. The molecular weight excluding hydrogens is 273 g/mol. The molecule has 0 aliphatic carbocycles. The number of ether oxygens (including phenoxy) is 2. The van der Waals surface area contributed by atoms with E-state index in [-0.39, 0.29) is 0 Å². The molecule has 2 rings (SSSR count). The molecule has 3 nitrogen and oxygen atoms in total. The van der Waals surface area contributed by atoms with E-state index in [1.54, 1.807) is 43.5 Å². The second-order valence-electron chi connectivity index (χ2n) is 3.60. The van der Waals surface area contributed by atoms with Gasteiger partial charge in [-0.3, -0.25) is 0 Å². The molecule has 0 aromatic heterocycles. The van der Waals surface area contributed by atoms with E-state index < -0.39 is 0 Å². The van der Waals surface area contributed by atoms with Gasteiger partial charge in [-0.05, 0) is 12.1 Å². The third kappa shape index (κ3) is 2.81. The van der Waals surface area contributed by atoms with Gasteiger partial charge in [0, 0.05) is 23.9 Å². The minimum atomic E-state index is 0.362. The number of hydrogen-bond donors (Lipinski definition) is 1. The molecule has 5 heteroatoms. The predicted octanol–water partition coefficient (Wildman–Crippen LogP) is 4.38. The van der Waals surface area contributed by atoms with E-state index >= 15 is 0 Å². The normalized spacial score (nSPS) is 10.2. The number of halogens is 2. The molecule has 94 valence electrons. The highest BCUT2D eigenvalue weighted by atomic mass is 35.5. The summed E-state index contributed by atoms with van der Waals surface area (Å²) in [6, 6.07) is 10.3. The molecule has 2 aromatic carbocycles. The topological polar surface area (TPSA) is 44.5 Å². The number of methoxy groups -OCH3 is 1. The van der Waals surface area contributed by atoms with Gasteiger partial charge in [-0.25, -0.2) is 0 Å². The van der Waals surface area contributed by atoms with E-state index in [0.717, 1.165) is 0 Å². The fraction of sp³-hybridized carbons (Fsp3) is 0.0769. The third-order valence-electron chi connectivity index (χ3n) is 2.28. The van der Waals surface area contributed by atoms with E-state index in [9.17, 15) is 0 Å². The monoisotopic (exact) mass is 283 g/mol. The second kappa shape index (κ2) is 5.38. The fourth-order valence-electron chi connectivity index (χ4n) is 1.46. The molecule has 2 N–H and O–H groups in total. The summed E-state index contributed by atoms with van der Waals surface area (Å²) in [5.74, 6) is 1.62. The van der Waals surface area contributed by atoms with Crippen LogP contribution in [0.5, 0.6) is 17.2 Å². The van der Waals surface area contributed by atoms with Crippen LogP contribution in [0.2, 0.25) is 10.0 Å². The molecule has 0 aliphatic rings. The van der Waals surface area contributed by atoms with Gasteiger partial charge in [-0.1, -0.05) is 29.3 Å². The van der Waals surface area contributed by atoms with Gasteiger partial charge in [0.15, 0.2) is 0 Å². The maximum absolute atomic E-state index is 6.04. The van der Waals surface area contributed by atoms with Crippen molar-refractivity contribution in [1.82, 2.24) is 0 Å². The molecule has 0 atom stereocenters. The van der Waals surface area contributed by atoms with E-state index in [1.165, 1.54) is 0 Å². The van der Waals surface area contributed by atoms with Crippen LogP contribution in [0.4, 0.5) is 5.69 Å². The van der Waals surface area contributed by atoms with Crippen LogP contribution >= 0.6 is 23.2 Å². The van der Waals surface area contributed by atoms with Crippen molar-refractivity contribution >= 4 is 28.9 Å². The zero-order chi connectivity index (χ0) is 13.1. The molecule has 0 aliphatic heterocycles. The van der Waals surface area contributed by atoms with Gasteiger partial charge in [0.1, 0.15) is 22.3 Å². The Morgan fingerprint density at radius 3 is 2.50 bits per heavy atom. The first-order chi connectivity index (χ1) is 8.60. The summed E-state index contributed by atoms with van der Waals surface area (Å²) in [6.45, 7) is 0. The highest BCUT2D eigenvalue weighted by molar-refractivity contribution is 6.42. The quantitative estimate of drug-likeness (QED) is 0.851. The van der Waals surface area contributed by atoms with Gasteiger partial charge < -0.3 is 15.2 Å². The molecule has 0 saturated heterocycles. The summed E-state index contributed by atoms with van der Waals surface area (Å²) in [4.78, 5) is 0. The molecule has 0 heterocycles. The Balaban J connectivity index is 2.34. The molecule has 0 amide bonds. The van der Waals surface area contributed by atoms with Crippen LogP contribution in [0.25, 0.3) is 0 Å². The lowest BCUT2D eigenvalue weighted by atomic mass is 10.3. The first-order valence-corrected chi connectivity index (χ1v) is 5.92. The van der Waals surface area contributed by atoms with Crippen molar-refractivity contribution in [3.63, 3.8) is 0 Å². The summed E-state index contributed by atoms with van der Waals surface area (Å²) >= 11 is 11.9. The van der Waals surface area contributed by atoms with Gasteiger partial charge in [0.05, 0.1) is 12.1 Å². The smallest absolute Gasteiger partial charge is 0.147 e. The van der Waals surface area contributed by atoms with Crippen molar-refractivity contribution < 1.29 is 9.47 Å². The molecule has 0 fully saturated rings. The lowest BCUT2D eigenvalue weighted by Gasteiger charge is -2.10. The summed E-state index contributed by atoms with van der Waals surface area (Å²) < 4.78 is 10.7. The Morgan fingerprint density at radius 2 is 1.78 bits per heavy atom. The van der Waals surface area contributed by atoms with Crippen LogP contribution in [-0.4, -0.2) is 7.11 Å². The first kappa shape index (κ1) is 12.9. The number of anilines is 1. The Bertz CT molecular complexity index is 573. The zero-order valence-corrected chi connectivity index (χ0v) is 11.1. The van der Waals surface area contributed by atoms with Gasteiger partial charge >= 0.3 is 0 Å². The second-order valence-corrected chi connectivity index (χ2v) is 4.38. The van der Waals surface area contributed by atoms with Crippen LogP contribution in [0, 0.1) is 0 Å². The molecule has 0 radical (unpaired) electrons. The number of benzene rings is 2. The number of nitrogen functional groups attached to an aromatic ring is 1. The minimum Gasteiger partial charge on any atom is -0.497 e. The average molecular weight is 284 g/mol. The van der Waals surface area contributed by atoms with Gasteiger partial charge in [-0.15, -0.1) is 0 Å². The summed E-state index contributed by atoms with van der Waals surface area (Å²) in [5, 5.41) is 0.797. The Hall–Kier alpha value is -1.58. The molecule has 0 bridgehead atoms. The third-order valence-corrected chi connectivity index (χ3v) is 3.08. The predicted molar refractivity (Wildman–Crippen MR) is 73.9 cm³/mol. The van der Waals surface area contributed by atoms with Crippen molar-refractivity contribution in [2.45, 2.75) is 0 Å². The van der Waals surface area contributed by atoms with Crippen LogP contribution in [0.15, 0.2) is 36.4 Å². The van der Waals surface area contributed by atoms with Gasteiger partial charge in [0.2, 0.25) is 0 Å². The fourth-order valence-corrected chi connectivity index (χ4v) is 1.79. The number of hydrogen-bond acceptors (Lipinski definition) is 3. The Labute approximate surface area is 115 Å². The van der Waals surface area contributed by atoms with Crippen LogP contribution < -0.4 is 15.2 Å². The maximum atomic E-state index is 6.04. The SMILES string of the molecule is COc1cc(N)cc(Oc2cccc(Cl)c2Cl)c1. The van der Waals surface area contributed by atoms with Crippen molar-refractivity contribution in [2.75, 3.05) is 12.8 Å². The van der Waals surface area contributed by atoms with Crippen molar-refractivity contribution in [1.29, 1.82) is 0 Å². The molecular formula is C13H11Cl2NO2. The van der Waals surface area contributed by atoms with Gasteiger partial charge in [-0.2, -0.15) is 0 Å². The molecule has 0 spiro atoms. The Kier molecular flexibility index (Phi) is 3.84. The summed E-state index contributed by atoms with van der Waals surface area (Å²) in [6.07, 6.45) is 0. The highest BCUT2D eigenvalue weighted by Crippen LogP contribution is 2.36. The largest absolute Gasteiger partial charge is 0.497 e. The number of nitrogens with two attached hydrogens (primary N) is 1. The lowest BCUT2D eigenvalue weighted by molar-refractivity contribution is 0.409. The standard InChI is InChI=1S/C13H11Cl2NO2/c1-17-9-5-8(16)6-10(7-9)18-12-4-2-3-11(14)13(12)15/h2-7H,16H2,1H3. The van der Waals surface area contributed by atoms with Crippen LogP contribution in [0.1, 0.15) is 0 Å². The average Bonchev–Trinajstić information content (AvgIpc) is 2.34. The van der Waals surface area contributed by atoms with E-state index in [2.05, 4.69) is 0 Å². The minimum absolute atomic E-state index is 0.362. The maximum Gasteiger partial charge on any atom is 0.147 e. The molecule has 0 unspecified atom stereocenters. The van der Waals surface area contributed by atoms with E-state index in [1.807, 2.05) is 0 Å². The number of rotatable bonds is 3.